The summed E-state index contributed by atoms with van der Waals surface area (Å²) in [6, 6.07) is 9.87. The first-order chi connectivity index (χ1) is 9.89. The summed E-state index contributed by atoms with van der Waals surface area (Å²) in [7, 11) is 0. The highest BCUT2D eigenvalue weighted by Gasteiger charge is 2.50. The zero-order valence-corrected chi connectivity index (χ0v) is 12.5. The zero-order chi connectivity index (χ0) is 15.5. The summed E-state index contributed by atoms with van der Waals surface area (Å²) in [6.45, 7) is 4.37. The minimum atomic E-state index is -0.947. The van der Waals surface area contributed by atoms with E-state index in [0.29, 0.717) is 12.8 Å². The van der Waals surface area contributed by atoms with E-state index >= 15 is 0 Å². The summed E-state index contributed by atoms with van der Waals surface area (Å²) in [5.41, 5.74) is 0.174. The SMILES string of the molecule is CC(=O)OC1O[C@@H](Cc2ccccc2)C[C@@]1(C)OC(C)=O. The summed E-state index contributed by atoms with van der Waals surface area (Å²) in [6.07, 6.45) is 0.128. The number of rotatable bonds is 4. The summed E-state index contributed by atoms with van der Waals surface area (Å²) in [5.74, 6) is -0.877. The van der Waals surface area contributed by atoms with Gasteiger partial charge in [0.25, 0.3) is 0 Å². The smallest absolute Gasteiger partial charge is 0.305 e. The average Bonchev–Trinajstić information content (AvgIpc) is 2.64. The van der Waals surface area contributed by atoms with Crippen molar-refractivity contribution in [2.24, 2.45) is 0 Å². The molecule has 0 amide bonds. The highest BCUT2D eigenvalue weighted by atomic mass is 16.7. The number of ether oxygens (including phenoxy) is 3. The first-order valence-corrected chi connectivity index (χ1v) is 6.95. The Bertz CT molecular complexity index is 513. The van der Waals surface area contributed by atoms with Gasteiger partial charge in [0.2, 0.25) is 6.29 Å². The van der Waals surface area contributed by atoms with Crippen molar-refractivity contribution in [3.8, 4) is 0 Å². The van der Waals surface area contributed by atoms with Crippen LogP contribution in [0.5, 0.6) is 0 Å². The molecule has 5 heteroatoms. The van der Waals surface area contributed by atoms with Gasteiger partial charge in [-0.3, -0.25) is 9.59 Å². The summed E-state index contributed by atoms with van der Waals surface area (Å²) < 4.78 is 16.3. The molecular weight excluding hydrogens is 272 g/mol. The van der Waals surface area contributed by atoms with E-state index in [9.17, 15) is 9.59 Å². The van der Waals surface area contributed by atoms with Crippen LogP contribution in [0.3, 0.4) is 0 Å². The number of carbonyl (C=O) groups is 2. The third-order valence-corrected chi connectivity index (χ3v) is 3.40. The van der Waals surface area contributed by atoms with Gasteiger partial charge in [0.05, 0.1) is 6.10 Å². The van der Waals surface area contributed by atoms with Crippen LogP contribution in [0, 0.1) is 0 Å². The molecule has 5 nitrogen and oxygen atoms in total. The standard InChI is InChI=1S/C16H20O5/c1-11(17)19-15-16(3,21-12(2)18)10-14(20-15)9-13-7-5-4-6-8-13/h4-8,14-15H,9-10H2,1-3H3/t14-,15?,16+/m0/s1. The second kappa shape index (κ2) is 6.26. The molecule has 1 aromatic rings. The molecule has 1 aliphatic rings. The first-order valence-electron chi connectivity index (χ1n) is 6.95. The summed E-state index contributed by atoms with van der Waals surface area (Å²) in [5, 5.41) is 0. The number of benzene rings is 1. The van der Waals surface area contributed by atoms with Gasteiger partial charge in [0.15, 0.2) is 5.60 Å². The third-order valence-electron chi connectivity index (χ3n) is 3.40. The number of esters is 2. The maximum Gasteiger partial charge on any atom is 0.305 e. The van der Waals surface area contributed by atoms with Gasteiger partial charge in [-0.1, -0.05) is 30.3 Å². The molecule has 0 N–H and O–H groups in total. The Labute approximate surface area is 124 Å². The first kappa shape index (κ1) is 15.5. The number of carbonyl (C=O) groups excluding carboxylic acids is 2. The van der Waals surface area contributed by atoms with Gasteiger partial charge in [0, 0.05) is 20.3 Å². The highest BCUT2D eigenvalue weighted by molar-refractivity contribution is 5.67. The number of hydrogen-bond acceptors (Lipinski definition) is 5. The van der Waals surface area contributed by atoms with Crippen LogP contribution in [0.1, 0.15) is 32.8 Å². The van der Waals surface area contributed by atoms with Crippen LogP contribution < -0.4 is 0 Å². The van der Waals surface area contributed by atoms with E-state index in [1.54, 1.807) is 6.92 Å². The Morgan fingerprint density at radius 1 is 1.24 bits per heavy atom. The molecule has 0 aliphatic carbocycles. The topological polar surface area (TPSA) is 61.8 Å². The molecule has 0 saturated carbocycles. The molecule has 21 heavy (non-hydrogen) atoms. The molecule has 0 radical (unpaired) electrons. The highest BCUT2D eigenvalue weighted by Crippen LogP contribution is 2.36. The van der Waals surface area contributed by atoms with Crippen molar-refractivity contribution in [1.29, 1.82) is 0 Å². The summed E-state index contributed by atoms with van der Waals surface area (Å²) >= 11 is 0. The van der Waals surface area contributed by atoms with Crippen LogP contribution in [-0.2, 0) is 30.2 Å². The van der Waals surface area contributed by atoms with Gasteiger partial charge in [-0.2, -0.15) is 0 Å². The van der Waals surface area contributed by atoms with Crippen molar-refractivity contribution >= 4 is 11.9 Å². The Balaban J connectivity index is 2.09. The Hall–Kier alpha value is -1.88. The Morgan fingerprint density at radius 3 is 2.48 bits per heavy atom. The van der Waals surface area contributed by atoms with Crippen molar-refractivity contribution in [3.05, 3.63) is 35.9 Å². The molecule has 0 aromatic heterocycles. The fourth-order valence-electron chi connectivity index (χ4n) is 2.63. The summed E-state index contributed by atoms with van der Waals surface area (Å²) in [4.78, 5) is 22.5. The third kappa shape index (κ3) is 4.04. The van der Waals surface area contributed by atoms with Crippen molar-refractivity contribution in [1.82, 2.24) is 0 Å². The fraction of sp³-hybridized carbons (Fsp3) is 0.500. The largest absolute Gasteiger partial charge is 0.453 e. The molecule has 1 aliphatic heterocycles. The monoisotopic (exact) mass is 292 g/mol. The molecule has 114 valence electrons. The van der Waals surface area contributed by atoms with Crippen LogP contribution in [-0.4, -0.2) is 29.9 Å². The lowest BCUT2D eigenvalue weighted by Gasteiger charge is -2.28. The molecule has 0 bridgehead atoms. The molecule has 1 fully saturated rings. The second-order valence-corrected chi connectivity index (χ2v) is 5.50. The lowest BCUT2D eigenvalue weighted by atomic mass is 9.97. The van der Waals surface area contributed by atoms with Crippen molar-refractivity contribution in [2.75, 3.05) is 0 Å². The van der Waals surface area contributed by atoms with Gasteiger partial charge in [-0.15, -0.1) is 0 Å². The normalized spacial score (nSPS) is 28.1. The van der Waals surface area contributed by atoms with Crippen LogP contribution in [0.4, 0.5) is 0 Å². The van der Waals surface area contributed by atoms with Gasteiger partial charge in [-0.25, -0.2) is 0 Å². The van der Waals surface area contributed by atoms with Crippen molar-refractivity contribution < 1.29 is 23.8 Å². The van der Waals surface area contributed by atoms with E-state index in [4.69, 9.17) is 14.2 Å². The molecule has 2 rings (SSSR count). The second-order valence-electron chi connectivity index (χ2n) is 5.50. The molecule has 0 spiro atoms. The molecule has 1 heterocycles. The van der Waals surface area contributed by atoms with E-state index in [1.165, 1.54) is 13.8 Å². The maximum absolute atomic E-state index is 11.3. The van der Waals surface area contributed by atoms with Gasteiger partial charge < -0.3 is 14.2 Å². The molecule has 3 atom stereocenters. The lowest BCUT2D eigenvalue weighted by Crippen LogP contribution is -2.41. The van der Waals surface area contributed by atoms with Gasteiger partial charge in [-0.05, 0) is 18.9 Å². The predicted molar refractivity (Wildman–Crippen MR) is 75.4 cm³/mol. The van der Waals surface area contributed by atoms with E-state index in [0.717, 1.165) is 5.56 Å². The van der Waals surface area contributed by atoms with Crippen LogP contribution in [0.15, 0.2) is 30.3 Å². The van der Waals surface area contributed by atoms with E-state index in [-0.39, 0.29) is 6.10 Å². The molecular formula is C16H20O5. The average molecular weight is 292 g/mol. The van der Waals surface area contributed by atoms with Crippen LogP contribution in [0.25, 0.3) is 0 Å². The minimum absolute atomic E-state index is 0.166. The van der Waals surface area contributed by atoms with Crippen LogP contribution in [0.2, 0.25) is 0 Å². The molecule has 1 saturated heterocycles. The lowest BCUT2D eigenvalue weighted by molar-refractivity contribution is -0.213. The van der Waals surface area contributed by atoms with Crippen LogP contribution >= 0.6 is 0 Å². The van der Waals surface area contributed by atoms with Crippen molar-refractivity contribution in [2.45, 2.75) is 51.6 Å². The van der Waals surface area contributed by atoms with E-state index in [2.05, 4.69) is 0 Å². The molecule has 1 unspecified atom stereocenters. The van der Waals surface area contributed by atoms with E-state index < -0.39 is 23.8 Å². The zero-order valence-electron chi connectivity index (χ0n) is 12.5. The Kier molecular flexibility index (Phi) is 4.63. The minimum Gasteiger partial charge on any atom is -0.453 e. The number of hydrogen-bond donors (Lipinski definition) is 0. The van der Waals surface area contributed by atoms with Gasteiger partial charge in [0.1, 0.15) is 0 Å². The van der Waals surface area contributed by atoms with Gasteiger partial charge >= 0.3 is 11.9 Å². The quantitative estimate of drug-likeness (QED) is 0.796. The fourth-order valence-corrected chi connectivity index (χ4v) is 2.63. The predicted octanol–water partition coefficient (Wildman–Crippen LogP) is 2.23. The van der Waals surface area contributed by atoms with E-state index in [1.807, 2.05) is 30.3 Å². The van der Waals surface area contributed by atoms with Crippen molar-refractivity contribution in [3.63, 3.8) is 0 Å². The maximum atomic E-state index is 11.3. The Morgan fingerprint density at radius 2 is 1.90 bits per heavy atom. The molecule has 1 aromatic carbocycles.